The average Bonchev–Trinajstić information content (AvgIpc) is 2.37. The average molecular weight is 245 g/mol. The molecule has 6 nitrogen and oxygen atoms in total. The van der Waals surface area contributed by atoms with E-state index in [2.05, 4.69) is 15.5 Å². The van der Waals surface area contributed by atoms with Gasteiger partial charge >= 0.3 is 0 Å². The molecule has 0 aliphatic carbocycles. The fraction of sp³-hybridized carbons (Fsp3) is 0.0833. The summed E-state index contributed by atoms with van der Waals surface area (Å²) in [4.78, 5) is 22.4. The van der Waals surface area contributed by atoms with Gasteiger partial charge in [0.05, 0.1) is 0 Å². The molecule has 0 radical (unpaired) electrons. The van der Waals surface area contributed by atoms with Gasteiger partial charge in [0.2, 0.25) is 0 Å². The third-order valence-electron chi connectivity index (χ3n) is 2.28. The first kappa shape index (κ1) is 11.8. The Kier molecular flexibility index (Phi) is 3.38. The van der Waals surface area contributed by atoms with Crippen molar-refractivity contribution < 1.29 is 9.90 Å². The van der Waals surface area contributed by atoms with Crippen molar-refractivity contribution in [3.8, 4) is 5.75 Å². The van der Waals surface area contributed by atoms with Gasteiger partial charge in [-0.2, -0.15) is 5.10 Å². The highest BCUT2D eigenvalue weighted by atomic mass is 16.3. The molecule has 0 fully saturated rings. The van der Waals surface area contributed by atoms with E-state index in [1.807, 2.05) is 0 Å². The van der Waals surface area contributed by atoms with Gasteiger partial charge in [-0.15, -0.1) is 0 Å². The van der Waals surface area contributed by atoms with Crippen LogP contribution in [0.4, 0.5) is 0 Å². The van der Waals surface area contributed by atoms with E-state index in [0.717, 1.165) is 5.56 Å². The number of hydrogen-bond acceptors (Lipinski definition) is 4. The fourth-order valence-corrected chi connectivity index (χ4v) is 1.41. The lowest BCUT2D eigenvalue weighted by molar-refractivity contribution is 0.0944. The Balaban J connectivity index is 2.00. The van der Waals surface area contributed by atoms with Crippen LogP contribution >= 0.6 is 0 Å². The van der Waals surface area contributed by atoms with Gasteiger partial charge in [0.15, 0.2) is 0 Å². The maximum Gasteiger partial charge on any atom is 0.271 e. The molecule has 2 rings (SSSR count). The Morgan fingerprint density at radius 3 is 2.83 bits per heavy atom. The van der Waals surface area contributed by atoms with E-state index in [1.54, 1.807) is 24.3 Å². The highest BCUT2D eigenvalue weighted by Gasteiger charge is 2.06. The lowest BCUT2D eigenvalue weighted by atomic mass is 10.2. The van der Waals surface area contributed by atoms with E-state index in [0.29, 0.717) is 0 Å². The molecule has 1 amide bonds. The molecule has 0 aliphatic rings. The van der Waals surface area contributed by atoms with Crippen molar-refractivity contribution in [1.29, 1.82) is 0 Å². The molecule has 0 saturated carbocycles. The molecule has 1 aromatic heterocycles. The van der Waals surface area contributed by atoms with E-state index in [-0.39, 0.29) is 23.5 Å². The van der Waals surface area contributed by atoms with Crippen LogP contribution in [-0.4, -0.2) is 21.2 Å². The van der Waals surface area contributed by atoms with Crippen molar-refractivity contribution in [2.24, 2.45) is 0 Å². The van der Waals surface area contributed by atoms with E-state index in [9.17, 15) is 14.7 Å². The zero-order valence-electron chi connectivity index (χ0n) is 9.38. The molecule has 2 aromatic rings. The zero-order chi connectivity index (χ0) is 13.0. The highest BCUT2D eigenvalue weighted by molar-refractivity contribution is 5.91. The van der Waals surface area contributed by atoms with Crippen LogP contribution in [0, 0.1) is 0 Å². The predicted molar refractivity (Wildman–Crippen MR) is 64.1 cm³/mol. The first-order valence-corrected chi connectivity index (χ1v) is 5.27. The molecule has 0 unspecified atom stereocenters. The lowest BCUT2D eigenvalue weighted by Gasteiger charge is -2.04. The number of amides is 1. The molecule has 0 aliphatic heterocycles. The summed E-state index contributed by atoms with van der Waals surface area (Å²) in [6, 6.07) is 9.15. The number of nitrogens with zero attached hydrogens (tertiary/aromatic N) is 1. The number of H-pyrrole nitrogens is 1. The molecular weight excluding hydrogens is 234 g/mol. The minimum absolute atomic E-state index is 0.134. The maximum atomic E-state index is 11.7. The van der Waals surface area contributed by atoms with E-state index in [1.165, 1.54) is 12.1 Å². The second-order valence-electron chi connectivity index (χ2n) is 3.66. The number of carbonyl (C=O) groups is 1. The van der Waals surface area contributed by atoms with Crippen molar-refractivity contribution in [1.82, 2.24) is 15.5 Å². The first-order valence-electron chi connectivity index (χ1n) is 5.27. The number of hydrogen-bond donors (Lipinski definition) is 3. The third-order valence-corrected chi connectivity index (χ3v) is 2.28. The molecular formula is C12H11N3O3. The molecule has 1 heterocycles. The minimum atomic E-state index is -0.394. The predicted octanol–water partition coefficient (Wildman–Crippen LogP) is 0.405. The van der Waals surface area contributed by atoms with E-state index < -0.39 is 5.91 Å². The van der Waals surface area contributed by atoms with Crippen LogP contribution in [0.3, 0.4) is 0 Å². The van der Waals surface area contributed by atoms with Gasteiger partial charge in [-0.3, -0.25) is 9.59 Å². The Morgan fingerprint density at radius 1 is 1.33 bits per heavy atom. The maximum absolute atomic E-state index is 11.7. The number of rotatable bonds is 3. The van der Waals surface area contributed by atoms with Crippen LogP contribution in [0.25, 0.3) is 0 Å². The van der Waals surface area contributed by atoms with Crippen LogP contribution in [0.5, 0.6) is 5.75 Å². The van der Waals surface area contributed by atoms with Crippen LogP contribution in [0.1, 0.15) is 16.1 Å². The van der Waals surface area contributed by atoms with Crippen molar-refractivity contribution in [2.75, 3.05) is 0 Å². The van der Waals surface area contributed by atoms with Gasteiger partial charge in [-0.1, -0.05) is 12.1 Å². The van der Waals surface area contributed by atoms with Gasteiger partial charge in [0, 0.05) is 12.6 Å². The van der Waals surface area contributed by atoms with Crippen molar-refractivity contribution in [3.63, 3.8) is 0 Å². The van der Waals surface area contributed by atoms with Crippen molar-refractivity contribution >= 4 is 5.91 Å². The molecule has 1 aromatic carbocycles. The summed E-state index contributed by atoms with van der Waals surface area (Å²) in [5, 5.41) is 17.7. The van der Waals surface area contributed by atoms with Crippen LogP contribution in [-0.2, 0) is 6.54 Å². The number of aromatic amines is 1. The molecule has 0 saturated heterocycles. The van der Waals surface area contributed by atoms with Crippen molar-refractivity contribution in [2.45, 2.75) is 6.54 Å². The van der Waals surface area contributed by atoms with Gasteiger partial charge < -0.3 is 10.4 Å². The minimum Gasteiger partial charge on any atom is -0.508 e. The number of aromatic hydroxyl groups is 1. The quantitative estimate of drug-likeness (QED) is 0.729. The SMILES string of the molecule is O=C(NCc1cccc(O)c1)c1ccc(=O)[nH]n1. The summed E-state index contributed by atoms with van der Waals surface area (Å²) in [5.41, 5.74) is 0.544. The number of aromatic nitrogens is 2. The Bertz CT molecular complexity index is 601. The highest BCUT2D eigenvalue weighted by Crippen LogP contribution is 2.10. The molecule has 0 atom stereocenters. The molecule has 92 valence electrons. The largest absolute Gasteiger partial charge is 0.508 e. The first-order chi connectivity index (χ1) is 8.65. The van der Waals surface area contributed by atoms with Gasteiger partial charge in [-0.05, 0) is 23.8 Å². The summed E-state index contributed by atoms with van der Waals surface area (Å²) in [5.74, 6) is -0.251. The van der Waals surface area contributed by atoms with Gasteiger partial charge in [0.1, 0.15) is 11.4 Å². The number of nitrogens with one attached hydrogen (secondary N) is 2. The summed E-state index contributed by atoms with van der Waals surface area (Å²) < 4.78 is 0. The molecule has 6 heteroatoms. The fourth-order valence-electron chi connectivity index (χ4n) is 1.41. The summed E-state index contributed by atoms with van der Waals surface area (Å²) in [6.07, 6.45) is 0. The standard InChI is InChI=1S/C12H11N3O3/c16-9-3-1-2-8(6-9)7-13-12(18)10-4-5-11(17)15-14-10/h1-6,16H,7H2,(H,13,18)(H,15,17). The van der Waals surface area contributed by atoms with Crippen molar-refractivity contribution in [3.05, 3.63) is 58.0 Å². The van der Waals surface area contributed by atoms with Gasteiger partial charge in [0.25, 0.3) is 11.5 Å². The Labute approximate surface area is 102 Å². The van der Waals surface area contributed by atoms with Gasteiger partial charge in [-0.25, -0.2) is 5.10 Å². The molecule has 0 bridgehead atoms. The molecule has 0 spiro atoms. The number of phenolic OH excluding ortho intramolecular Hbond substituents is 1. The third kappa shape index (κ3) is 2.94. The monoisotopic (exact) mass is 245 g/mol. The smallest absolute Gasteiger partial charge is 0.271 e. The zero-order valence-corrected chi connectivity index (χ0v) is 9.38. The Hall–Kier alpha value is -2.63. The van der Waals surface area contributed by atoms with E-state index in [4.69, 9.17) is 0 Å². The molecule has 3 N–H and O–H groups in total. The summed E-state index contributed by atoms with van der Waals surface area (Å²) in [6.45, 7) is 0.272. The summed E-state index contributed by atoms with van der Waals surface area (Å²) >= 11 is 0. The number of carbonyl (C=O) groups excluding carboxylic acids is 1. The van der Waals surface area contributed by atoms with Crippen LogP contribution < -0.4 is 10.9 Å². The van der Waals surface area contributed by atoms with Crippen LogP contribution in [0.2, 0.25) is 0 Å². The number of benzene rings is 1. The van der Waals surface area contributed by atoms with E-state index >= 15 is 0 Å². The van der Waals surface area contributed by atoms with Crippen LogP contribution in [0.15, 0.2) is 41.2 Å². The number of phenols is 1. The summed E-state index contributed by atoms with van der Waals surface area (Å²) in [7, 11) is 0. The normalized spacial score (nSPS) is 10.0. The molecule has 18 heavy (non-hydrogen) atoms. The second kappa shape index (κ2) is 5.13. The Morgan fingerprint density at radius 2 is 2.17 bits per heavy atom. The lowest BCUT2D eigenvalue weighted by Crippen LogP contribution is -2.25. The second-order valence-corrected chi connectivity index (χ2v) is 3.66. The topological polar surface area (TPSA) is 95.1 Å².